The molecule has 3 rings (SSSR count). The lowest BCUT2D eigenvalue weighted by Crippen LogP contribution is -2.55. The minimum atomic E-state index is -0.499. The smallest absolute Gasteiger partial charge is 0.220 e. The Labute approximate surface area is 150 Å². The molecule has 25 heavy (non-hydrogen) atoms. The summed E-state index contributed by atoms with van der Waals surface area (Å²) in [6.07, 6.45) is 4.73. The highest BCUT2D eigenvalue weighted by atomic mass is 16.5. The second kappa shape index (κ2) is 9.32. The number of hydrogen-bond donors (Lipinski definition) is 2. The number of hydrogen-bond acceptors (Lipinski definition) is 4. The van der Waals surface area contributed by atoms with Gasteiger partial charge < -0.3 is 15.2 Å². The predicted octanol–water partition coefficient (Wildman–Crippen LogP) is 1.74. The van der Waals surface area contributed by atoms with E-state index in [2.05, 4.69) is 10.2 Å². The van der Waals surface area contributed by atoms with E-state index in [0.29, 0.717) is 6.42 Å². The monoisotopic (exact) mass is 346 g/mol. The number of aliphatic hydroxyl groups is 1. The molecule has 5 heteroatoms. The second-order valence-corrected chi connectivity index (χ2v) is 7.15. The number of carbonyl (C=O) groups excluding carboxylic acids is 1. The van der Waals surface area contributed by atoms with Crippen LogP contribution < -0.4 is 5.32 Å². The maximum Gasteiger partial charge on any atom is 0.220 e. The quantitative estimate of drug-likeness (QED) is 0.798. The molecule has 138 valence electrons. The minimum absolute atomic E-state index is 0.0375. The zero-order valence-electron chi connectivity index (χ0n) is 14.9. The number of aliphatic hydroxyl groups excluding tert-OH is 1. The zero-order chi connectivity index (χ0) is 17.5. The van der Waals surface area contributed by atoms with Crippen molar-refractivity contribution < 1.29 is 14.6 Å². The van der Waals surface area contributed by atoms with E-state index in [1.807, 2.05) is 30.3 Å². The SMILES string of the molecule is O=C(CCc1ccccc1)N[C@@H]1CCCC[C@@H](N2CCOCC2)[C@@H]1O. The molecule has 3 atom stereocenters. The van der Waals surface area contributed by atoms with Crippen LogP contribution in [-0.2, 0) is 16.0 Å². The van der Waals surface area contributed by atoms with Crippen LogP contribution in [0.1, 0.15) is 37.7 Å². The summed E-state index contributed by atoms with van der Waals surface area (Å²) in [5.41, 5.74) is 1.17. The molecule has 2 fully saturated rings. The molecule has 0 aromatic heterocycles. The molecule has 1 aliphatic carbocycles. The van der Waals surface area contributed by atoms with Gasteiger partial charge in [-0.25, -0.2) is 0 Å². The molecule has 1 amide bonds. The van der Waals surface area contributed by atoms with E-state index in [4.69, 9.17) is 4.74 Å². The summed E-state index contributed by atoms with van der Waals surface area (Å²) in [7, 11) is 0. The molecule has 1 aromatic rings. The number of amides is 1. The van der Waals surface area contributed by atoms with Crippen LogP contribution in [0.3, 0.4) is 0 Å². The van der Waals surface area contributed by atoms with Crippen molar-refractivity contribution in [2.45, 2.75) is 56.7 Å². The molecule has 1 aliphatic heterocycles. The van der Waals surface area contributed by atoms with Gasteiger partial charge in [-0.1, -0.05) is 43.2 Å². The molecular weight excluding hydrogens is 316 g/mol. The highest BCUT2D eigenvalue weighted by molar-refractivity contribution is 5.76. The number of carbonyl (C=O) groups is 1. The van der Waals surface area contributed by atoms with Gasteiger partial charge in [-0.2, -0.15) is 0 Å². The van der Waals surface area contributed by atoms with Crippen LogP contribution in [-0.4, -0.2) is 60.4 Å². The van der Waals surface area contributed by atoms with Gasteiger partial charge in [0.1, 0.15) is 0 Å². The van der Waals surface area contributed by atoms with Crippen LogP contribution in [0.4, 0.5) is 0 Å². The van der Waals surface area contributed by atoms with Gasteiger partial charge in [0.2, 0.25) is 5.91 Å². The molecule has 0 unspecified atom stereocenters. The topological polar surface area (TPSA) is 61.8 Å². The van der Waals surface area contributed by atoms with Crippen molar-refractivity contribution in [2.24, 2.45) is 0 Å². The molecule has 1 saturated carbocycles. The fraction of sp³-hybridized carbons (Fsp3) is 0.650. The van der Waals surface area contributed by atoms with Crippen LogP contribution in [0.25, 0.3) is 0 Å². The fourth-order valence-electron chi connectivity index (χ4n) is 3.97. The van der Waals surface area contributed by atoms with Crippen molar-refractivity contribution in [3.63, 3.8) is 0 Å². The van der Waals surface area contributed by atoms with E-state index in [9.17, 15) is 9.90 Å². The normalized spacial score (nSPS) is 28.3. The van der Waals surface area contributed by atoms with E-state index in [1.54, 1.807) is 0 Å². The zero-order valence-corrected chi connectivity index (χ0v) is 14.9. The Morgan fingerprint density at radius 2 is 1.88 bits per heavy atom. The van der Waals surface area contributed by atoms with Crippen molar-refractivity contribution in [2.75, 3.05) is 26.3 Å². The average Bonchev–Trinajstić information content (AvgIpc) is 2.84. The average molecular weight is 346 g/mol. The number of morpholine rings is 1. The lowest BCUT2D eigenvalue weighted by Gasteiger charge is -2.38. The molecule has 0 bridgehead atoms. The van der Waals surface area contributed by atoms with E-state index in [0.717, 1.165) is 58.4 Å². The molecule has 0 spiro atoms. The van der Waals surface area contributed by atoms with Gasteiger partial charge in [-0.3, -0.25) is 9.69 Å². The maximum absolute atomic E-state index is 12.4. The highest BCUT2D eigenvalue weighted by Crippen LogP contribution is 2.24. The van der Waals surface area contributed by atoms with Crippen LogP contribution in [0.2, 0.25) is 0 Å². The number of nitrogens with zero attached hydrogens (tertiary/aromatic N) is 1. The first-order chi connectivity index (χ1) is 12.2. The fourth-order valence-corrected chi connectivity index (χ4v) is 3.97. The molecule has 2 aliphatic rings. The molecule has 1 aromatic carbocycles. The van der Waals surface area contributed by atoms with Crippen molar-refractivity contribution in [3.05, 3.63) is 35.9 Å². The predicted molar refractivity (Wildman–Crippen MR) is 97.3 cm³/mol. The second-order valence-electron chi connectivity index (χ2n) is 7.15. The van der Waals surface area contributed by atoms with Crippen LogP contribution >= 0.6 is 0 Å². The summed E-state index contributed by atoms with van der Waals surface area (Å²) < 4.78 is 5.43. The van der Waals surface area contributed by atoms with Gasteiger partial charge in [0.25, 0.3) is 0 Å². The summed E-state index contributed by atoms with van der Waals surface area (Å²) in [5, 5.41) is 14.0. The van der Waals surface area contributed by atoms with Crippen molar-refractivity contribution >= 4 is 5.91 Å². The van der Waals surface area contributed by atoms with Gasteiger partial charge in [0.15, 0.2) is 0 Å². The first-order valence-corrected chi connectivity index (χ1v) is 9.57. The first kappa shape index (κ1) is 18.4. The molecule has 1 saturated heterocycles. The molecule has 1 heterocycles. The summed E-state index contributed by atoms with van der Waals surface area (Å²) in [6, 6.07) is 10.1. The maximum atomic E-state index is 12.4. The summed E-state index contributed by atoms with van der Waals surface area (Å²) in [4.78, 5) is 14.7. The first-order valence-electron chi connectivity index (χ1n) is 9.57. The van der Waals surface area contributed by atoms with Crippen LogP contribution in [0.15, 0.2) is 30.3 Å². The number of aryl methyl sites for hydroxylation is 1. The third-order valence-electron chi connectivity index (χ3n) is 5.42. The van der Waals surface area contributed by atoms with Crippen molar-refractivity contribution in [3.8, 4) is 0 Å². The minimum Gasteiger partial charge on any atom is -0.389 e. The Hall–Kier alpha value is -1.43. The Kier molecular flexibility index (Phi) is 6.84. The van der Waals surface area contributed by atoms with Crippen molar-refractivity contribution in [1.29, 1.82) is 0 Å². The number of ether oxygens (including phenoxy) is 1. The van der Waals surface area contributed by atoms with Gasteiger partial charge in [0, 0.05) is 25.6 Å². The number of nitrogens with one attached hydrogen (secondary N) is 1. The molecular formula is C20H30N2O3. The molecule has 2 N–H and O–H groups in total. The van der Waals surface area contributed by atoms with E-state index < -0.39 is 6.10 Å². The highest BCUT2D eigenvalue weighted by Gasteiger charge is 2.35. The van der Waals surface area contributed by atoms with Crippen molar-refractivity contribution in [1.82, 2.24) is 10.2 Å². The standard InChI is InChI=1S/C20H30N2O3/c23-19(11-10-16-6-2-1-3-7-16)21-17-8-4-5-9-18(20(17)24)22-12-14-25-15-13-22/h1-3,6-7,17-18,20,24H,4-5,8-15H2,(H,21,23)/t17-,18-,20-/m1/s1. The number of rotatable bonds is 5. The lowest BCUT2D eigenvalue weighted by molar-refractivity contribution is -0.123. The Morgan fingerprint density at radius 1 is 1.16 bits per heavy atom. The van der Waals surface area contributed by atoms with Gasteiger partial charge >= 0.3 is 0 Å². The molecule has 0 radical (unpaired) electrons. The summed E-state index contributed by atoms with van der Waals surface area (Å²) in [6.45, 7) is 3.21. The van der Waals surface area contributed by atoms with E-state index in [-0.39, 0.29) is 18.0 Å². The Balaban J connectivity index is 1.53. The van der Waals surface area contributed by atoms with Gasteiger partial charge in [0.05, 0.1) is 25.4 Å². The lowest BCUT2D eigenvalue weighted by atomic mass is 9.99. The molecule has 5 nitrogen and oxygen atoms in total. The Morgan fingerprint density at radius 3 is 2.64 bits per heavy atom. The van der Waals surface area contributed by atoms with E-state index >= 15 is 0 Å². The van der Waals surface area contributed by atoms with Crippen LogP contribution in [0.5, 0.6) is 0 Å². The summed E-state index contributed by atoms with van der Waals surface area (Å²) >= 11 is 0. The van der Waals surface area contributed by atoms with E-state index in [1.165, 1.54) is 5.56 Å². The third kappa shape index (κ3) is 5.27. The van der Waals surface area contributed by atoms with Gasteiger partial charge in [-0.15, -0.1) is 0 Å². The van der Waals surface area contributed by atoms with Crippen LogP contribution in [0, 0.1) is 0 Å². The van der Waals surface area contributed by atoms with Gasteiger partial charge in [-0.05, 0) is 24.8 Å². The largest absolute Gasteiger partial charge is 0.389 e. The summed E-state index contributed by atoms with van der Waals surface area (Å²) in [5.74, 6) is 0.0375. The third-order valence-corrected chi connectivity index (χ3v) is 5.42. The Bertz CT molecular complexity index is 531. The number of benzene rings is 1.